The SMILES string of the molecule is O=C(C1CCc2n[nH]c(=O)cc2C1)N1CCNCC1. The number of fused-ring (bicyclic) bond motifs is 1. The number of hydrogen-bond acceptors (Lipinski definition) is 4. The molecule has 1 aromatic rings. The Morgan fingerprint density at radius 3 is 2.95 bits per heavy atom. The quantitative estimate of drug-likeness (QED) is 0.702. The van der Waals surface area contributed by atoms with Gasteiger partial charge in [-0.1, -0.05) is 0 Å². The van der Waals surface area contributed by atoms with Gasteiger partial charge in [-0.3, -0.25) is 9.59 Å². The Morgan fingerprint density at radius 1 is 1.37 bits per heavy atom. The highest BCUT2D eigenvalue weighted by Crippen LogP contribution is 2.24. The molecule has 102 valence electrons. The van der Waals surface area contributed by atoms with Crippen molar-refractivity contribution in [1.82, 2.24) is 20.4 Å². The van der Waals surface area contributed by atoms with E-state index in [1.165, 1.54) is 0 Å². The number of aryl methyl sites for hydroxylation is 1. The lowest BCUT2D eigenvalue weighted by Crippen LogP contribution is -2.49. The lowest BCUT2D eigenvalue weighted by Gasteiger charge is -2.32. The minimum atomic E-state index is -0.186. The van der Waals surface area contributed by atoms with Gasteiger partial charge in [-0.05, 0) is 24.8 Å². The molecule has 1 unspecified atom stereocenters. The average molecular weight is 262 g/mol. The second-order valence-corrected chi connectivity index (χ2v) is 5.22. The number of carbonyl (C=O) groups excluding carboxylic acids is 1. The smallest absolute Gasteiger partial charge is 0.264 e. The number of piperazine rings is 1. The minimum Gasteiger partial charge on any atom is -0.340 e. The van der Waals surface area contributed by atoms with Gasteiger partial charge in [-0.25, -0.2) is 5.10 Å². The largest absolute Gasteiger partial charge is 0.340 e. The van der Waals surface area contributed by atoms with E-state index in [0.717, 1.165) is 50.3 Å². The molecule has 1 aliphatic carbocycles. The Kier molecular flexibility index (Phi) is 3.33. The molecule has 19 heavy (non-hydrogen) atoms. The highest BCUT2D eigenvalue weighted by atomic mass is 16.2. The molecule has 1 aliphatic heterocycles. The number of nitrogens with one attached hydrogen (secondary N) is 2. The molecule has 2 heterocycles. The molecule has 0 aromatic carbocycles. The van der Waals surface area contributed by atoms with Crippen molar-refractivity contribution in [1.29, 1.82) is 0 Å². The van der Waals surface area contributed by atoms with Crippen molar-refractivity contribution in [2.75, 3.05) is 26.2 Å². The first-order chi connectivity index (χ1) is 9.24. The number of amides is 1. The maximum Gasteiger partial charge on any atom is 0.264 e. The second-order valence-electron chi connectivity index (χ2n) is 5.22. The minimum absolute atomic E-state index is 0.00852. The van der Waals surface area contributed by atoms with Gasteiger partial charge in [-0.2, -0.15) is 5.10 Å². The van der Waals surface area contributed by atoms with E-state index in [4.69, 9.17) is 0 Å². The summed E-state index contributed by atoms with van der Waals surface area (Å²) in [5.41, 5.74) is 1.68. The van der Waals surface area contributed by atoms with E-state index < -0.39 is 0 Å². The second kappa shape index (κ2) is 5.13. The fraction of sp³-hybridized carbons (Fsp3) is 0.615. The van der Waals surface area contributed by atoms with Crippen LogP contribution in [-0.4, -0.2) is 47.2 Å². The molecule has 0 bridgehead atoms. The number of hydrogen-bond donors (Lipinski definition) is 2. The molecule has 1 amide bonds. The Balaban J connectivity index is 1.74. The summed E-state index contributed by atoms with van der Waals surface area (Å²) in [5, 5.41) is 9.76. The van der Waals surface area contributed by atoms with E-state index >= 15 is 0 Å². The van der Waals surface area contributed by atoms with Gasteiger partial charge in [0, 0.05) is 38.2 Å². The highest BCUT2D eigenvalue weighted by molar-refractivity contribution is 5.79. The first-order valence-electron chi connectivity index (χ1n) is 6.81. The highest BCUT2D eigenvalue weighted by Gasteiger charge is 2.29. The lowest BCUT2D eigenvalue weighted by molar-refractivity contribution is -0.136. The van der Waals surface area contributed by atoms with E-state index in [1.54, 1.807) is 6.07 Å². The topological polar surface area (TPSA) is 78.1 Å². The summed E-state index contributed by atoms with van der Waals surface area (Å²) in [7, 11) is 0. The van der Waals surface area contributed by atoms with Crippen LogP contribution in [0.15, 0.2) is 10.9 Å². The van der Waals surface area contributed by atoms with Gasteiger partial charge in [0.25, 0.3) is 5.56 Å². The zero-order valence-corrected chi connectivity index (χ0v) is 10.8. The summed E-state index contributed by atoms with van der Waals surface area (Å²) < 4.78 is 0. The molecule has 2 aliphatic rings. The molecule has 1 atom stereocenters. The van der Waals surface area contributed by atoms with Crippen LogP contribution in [0.1, 0.15) is 17.7 Å². The van der Waals surface area contributed by atoms with E-state index in [9.17, 15) is 9.59 Å². The van der Waals surface area contributed by atoms with Crippen molar-refractivity contribution in [3.63, 3.8) is 0 Å². The van der Waals surface area contributed by atoms with Gasteiger partial charge < -0.3 is 10.2 Å². The zero-order valence-electron chi connectivity index (χ0n) is 10.8. The third kappa shape index (κ3) is 2.53. The number of nitrogens with zero attached hydrogens (tertiary/aromatic N) is 2. The Morgan fingerprint density at radius 2 is 2.16 bits per heavy atom. The van der Waals surface area contributed by atoms with E-state index in [2.05, 4.69) is 15.5 Å². The van der Waals surface area contributed by atoms with Crippen LogP contribution in [0.2, 0.25) is 0 Å². The van der Waals surface area contributed by atoms with Crippen LogP contribution in [-0.2, 0) is 17.6 Å². The summed E-state index contributed by atoms with van der Waals surface area (Å²) >= 11 is 0. The van der Waals surface area contributed by atoms with E-state index in [-0.39, 0.29) is 17.4 Å². The van der Waals surface area contributed by atoms with Crippen molar-refractivity contribution in [2.24, 2.45) is 5.92 Å². The van der Waals surface area contributed by atoms with Crippen LogP contribution in [0.25, 0.3) is 0 Å². The van der Waals surface area contributed by atoms with Crippen molar-refractivity contribution in [3.8, 4) is 0 Å². The number of H-pyrrole nitrogens is 1. The van der Waals surface area contributed by atoms with Crippen LogP contribution >= 0.6 is 0 Å². The summed E-state index contributed by atoms with van der Waals surface area (Å²) in [6, 6.07) is 1.58. The molecule has 1 saturated heterocycles. The Hall–Kier alpha value is -1.69. The van der Waals surface area contributed by atoms with Crippen LogP contribution in [0.4, 0.5) is 0 Å². The molecular formula is C13H18N4O2. The number of aromatic nitrogens is 2. The monoisotopic (exact) mass is 262 g/mol. The molecule has 0 radical (unpaired) electrons. The first kappa shape index (κ1) is 12.3. The molecule has 1 fully saturated rings. The maximum absolute atomic E-state index is 12.4. The van der Waals surface area contributed by atoms with Crippen LogP contribution in [0.3, 0.4) is 0 Å². The average Bonchev–Trinajstić information content (AvgIpc) is 2.46. The normalized spacial score (nSPS) is 22.9. The first-order valence-corrected chi connectivity index (χ1v) is 6.81. The van der Waals surface area contributed by atoms with Crippen molar-refractivity contribution in [3.05, 3.63) is 27.7 Å². The van der Waals surface area contributed by atoms with Gasteiger partial charge in [0.05, 0.1) is 5.69 Å². The van der Waals surface area contributed by atoms with Gasteiger partial charge in [0.2, 0.25) is 5.91 Å². The molecule has 0 spiro atoms. The summed E-state index contributed by atoms with van der Waals surface area (Å²) in [6.45, 7) is 3.32. The van der Waals surface area contributed by atoms with Crippen LogP contribution in [0, 0.1) is 5.92 Å². The number of aromatic amines is 1. The Labute approximate surface area is 111 Å². The molecule has 6 nitrogen and oxygen atoms in total. The van der Waals surface area contributed by atoms with Gasteiger partial charge in [0.1, 0.15) is 0 Å². The predicted octanol–water partition coefficient (Wildman–Crippen LogP) is -0.693. The molecule has 0 saturated carbocycles. The third-order valence-corrected chi connectivity index (χ3v) is 3.95. The van der Waals surface area contributed by atoms with Crippen molar-refractivity contribution in [2.45, 2.75) is 19.3 Å². The third-order valence-electron chi connectivity index (χ3n) is 3.95. The fourth-order valence-corrected chi connectivity index (χ4v) is 2.89. The molecular weight excluding hydrogens is 244 g/mol. The van der Waals surface area contributed by atoms with Gasteiger partial charge in [-0.15, -0.1) is 0 Å². The van der Waals surface area contributed by atoms with Gasteiger partial charge >= 0.3 is 0 Å². The van der Waals surface area contributed by atoms with Crippen molar-refractivity contribution >= 4 is 5.91 Å². The van der Waals surface area contributed by atoms with E-state index in [1.807, 2.05) is 4.90 Å². The van der Waals surface area contributed by atoms with Crippen molar-refractivity contribution < 1.29 is 4.79 Å². The fourth-order valence-electron chi connectivity index (χ4n) is 2.89. The van der Waals surface area contributed by atoms with E-state index in [0.29, 0.717) is 6.42 Å². The molecule has 6 heteroatoms. The summed E-state index contributed by atoms with van der Waals surface area (Å²) in [6.07, 6.45) is 2.25. The number of rotatable bonds is 1. The maximum atomic E-state index is 12.4. The Bertz CT molecular complexity index is 534. The lowest BCUT2D eigenvalue weighted by atomic mass is 9.86. The number of carbonyl (C=O) groups is 1. The van der Waals surface area contributed by atoms with Gasteiger partial charge in [0.15, 0.2) is 0 Å². The molecule has 2 N–H and O–H groups in total. The summed E-state index contributed by atoms with van der Waals surface area (Å²) in [4.78, 5) is 25.7. The van der Waals surface area contributed by atoms with Crippen LogP contribution < -0.4 is 10.9 Å². The summed E-state index contributed by atoms with van der Waals surface area (Å²) in [5.74, 6) is 0.238. The standard InChI is InChI=1S/C13H18N4O2/c18-12-8-10-7-9(1-2-11(10)15-16-12)13(19)17-5-3-14-4-6-17/h8-9,14H,1-7H2,(H,16,18). The molecule has 1 aromatic heterocycles. The zero-order chi connectivity index (χ0) is 13.2. The van der Waals surface area contributed by atoms with Crippen LogP contribution in [0.5, 0.6) is 0 Å². The molecule has 3 rings (SSSR count). The predicted molar refractivity (Wildman–Crippen MR) is 69.8 cm³/mol.